The minimum Gasteiger partial charge on any atom is -0.402 e. The van der Waals surface area contributed by atoms with Gasteiger partial charge in [-0.15, -0.1) is 0 Å². The van der Waals surface area contributed by atoms with Gasteiger partial charge in [-0.3, -0.25) is 4.99 Å². The van der Waals surface area contributed by atoms with Crippen molar-refractivity contribution in [3.63, 3.8) is 0 Å². The molecule has 10 nitrogen and oxygen atoms in total. The lowest BCUT2D eigenvalue weighted by molar-refractivity contribution is 0.128. The van der Waals surface area contributed by atoms with Gasteiger partial charge in [0.15, 0.2) is 11.7 Å². The topological polar surface area (TPSA) is 159 Å². The third-order valence-electron chi connectivity index (χ3n) is 3.12. The number of aliphatic imine (C=N–C) groups is 1. The normalized spacial score (nSPS) is 13.2. The molecular formula is C19H28N8O2. The third-order valence-corrected chi connectivity index (χ3v) is 3.12. The number of aryl methyl sites for hydroxylation is 2. The van der Waals surface area contributed by atoms with E-state index in [-0.39, 0.29) is 30.6 Å². The van der Waals surface area contributed by atoms with Crippen molar-refractivity contribution in [1.82, 2.24) is 9.97 Å². The molecule has 0 amide bonds. The van der Waals surface area contributed by atoms with E-state index in [1.165, 1.54) is 0 Å². The van der Waals surface area contributed by atoms with E-state index in [9.17, 15) is 0 Å². The Balaban J connectivity index is 2.50. The molecule has 1 heterocycles. The molecular weight excluding hydrogens is 372 g/mol. The van der Waals surface area contributed by atoms with Gasteiger partial charge in [0.2, 0.25) is 5.84 Å². The predicted molar refractivity (Wildman–Crippen MR) is 115 cm³/mol. The molecule has 0 saturated heterocycles. The van der Waals surface area contributed by atoms with E-state index in [2.05, 4.69) is 38.4 Å². The zero-order valence-electron chi connectivity index (χ0n) is 17.3. The number of rotatable bonds is 10. The molecule has 6 N–H and O–H groups in total. The Morgan fingerprint density at radius 1 is 1.03 bits per heavy atom. The molecule has 0 fully saturated rings. The molecule has 0 radical (unpaired) electrons. The Hall–Kier alpha value is -3.69. The summed E-state index contributed by atoms with van der Waals surface area (Å²) in [6.45, 7) is 14.9. The molecule has 0 aromatic carbocycles. The summed E-state index contributed by atoms with van der Waals surface area (Å²) in [5, 5.41) is 7.53. The Morgan fingerprint density at radius 3 is 2.14 bits per heavy atom. The summed E-state index contributed by atoms with van der Waals surface area (Å²) in [6.07, 6.45) is 1.69. The summed E-state index contributed by atoms with van der Waals surface area (Å²) < 4.78 is 0. The lowest BCUT2D eigenvalue weighted by atomic mass is 10.3. The van der Waals surface area contributed by atoms with Crippen LogP contribution < -0.4 is 17.2 Å². The molecule has 0 aliphatic heterocycles. The van der Waals surface area contributed by atoms with Crippen molar-refractivity contribution in [2.24, 2.45) is 32.5 Å². The third kappa shape index (κ3) is 9.18. The molecule has 0 saturated carbocycles. The molecule has 29 heavy (non-hydrogen) atoms. The molecule has 1 rings (SSSR count). The minimum absolute atomic E-state index is 0.0374. The van der Waals surface area contributed by atoms with Crippen LogP contribution >= 0.6 is 0 Å². The first-order valence-corrected chi connectivity index (χ1v) is 8.67. The van der Waals surface area contributed by atoms with Crippen LogP contribution in [-0.2, 0) is 9.68 Å². The van der Waals surface area contributed by atoms with Crippen molar-refractivity contribution < 1.29 is 9.68 Å². The second-order valence-corrected chi connectivity index (χ2v) is 6.31. The first kappa shape index (κ1) is 23.3. The van der Waals surface area contributed by atoms with E-state index in [0.29, 0.717) is 22.8 Å². The summed E-state index contributed by atoms with van der Waals surface area (Å²) in [6, 6.07) is 1.83. The average molecular weight is 400 g/mol. The zero-order chi connectivity index (χ0) is 22.0. The number of nitrogens with two attached hydrogens (primary N) is 3. The number of hydrogen-bond acceptors (Lipinski definition) is 8. The molecule has 0 bridgehead atoms. The zero-order valence-corrected chi connectivity index (χ0v) is 17.3. The Bertz CT molecular complexity index is 860. The summed E-state index contributed by atoms with van der Waals surface area (Å²) in [5.74, 6) is 0.408. The SMILES string of the molecule is C=C(CO/N=C(\N)C(=C)N=C(C)/C=C(/C)N)CO/N=C(\N)c1nc(C)cc(C)n1. The van der Waals surface area contributed by atoms with Gasteiger partial charge in [-0.1, -0.05) is 23.5 Å². The number of allylic oxidation sites excluding steroid dienone is 2. The second-order valence-electron chi connectivity index (χ2n) is 6.31. The van der Waals surface area contributed by atoms with Crippen molar-refractivity contribution >= 4 is 17.4 Å². The fourth-order valence-electron chi connectivity index (χ4n) is 1.99. The molecule has 156 valence electrons. The molecule has 0 atom stereocenters. The van der Waals surface area contributed by atoms with Crippen molar-refractivity contribution in [1.29, 1.82) is 0 Å². The van der Waals surface area contributed by atoms with Crippen molar-refractivity contribution in [3.8, 4) is 0 Å². The number of amidine groups is 2. The van der Waals surface area contributed by atoms with E-state index in [0.717, 1.165) is 11.4 Å². The van der Waals surface area contributed by atoms with Gasteiger partial charge >= 0.3 is 0 Å². The average Bonchev–Trinajstić information content (AvgIpc) is 2.59. The lowest BCUT2D eigenvalue weighted by Crippen LogP contribution is -2.19. The molecule has 0 spiro atoms. The van der Waals surface area contributed by atoms with Crippen molar-refractivity contribution in [2.75, 3.05) is 13.2 Å². The van der Waals surface area contributed by atoms with Crippen LogP contribution in [0.2, 0.25) is 0 Å². The van der Waals surface area contributed by atoms with Crippen LogP contribution in [0.25, 0.3) is 0 Å². The minimum atomic E-state index is 0.0374. The second kappa shape index (κ2) is 11.2. The quantitative estimate of drug-likeness (QED) is 0.232. The van der Waals surface area contributed by atoms with Gasteiger partial charge in [-0.25, -0.2) is 9.97 Å². The Morgan fingerprint density at radius 2 is 1.59 bits per heavy atom. The molecule has 1 aromatic rings. The molecule has 0 aliphatic carbocycles. The lowest BCUT2D eigenvalue weighted by Gasteiger charge is -2.06. The maximum atomic E-state index is 5.83. The Kier molecular flexibility index (Phi) is 9.03. The summed E-state index contributed by atoms with van der Waals surface area (Å²) in [4.78, 5) is 22.8. The molecule has 0 unspecified atom stereocenters. The van der Waals surface area contributed by atoms with E-state index in [1.807, 2.05) is 19.9 Å². The highest BCUT2D eigenvalue weighted by atomic mass is 16.6. The highest BCUT2D eigenvalue weighted by Gasteiger charge is 2.06. The van der Waals surface area contributed by atoms with Crippen LogP contribution in [0.3, 0.4) is 0 Å². The summed E-state index contributed by atoms with van der Waals surface area (Å²) >= 11 is 0. The smallest absolute Gasteiger partial charge is 0.208 e. The van der Waals surface area contributed by atoms with E-state index >= 15 is 0 Å². The number of oxime groups is 2. The predicted octanol–water partition coefficient (Wildman–Crippen LogP) is 1.41. The fourth-order valence-corrected chi connectivity index (χ4v) is 1.99. The van der Waals surface area contributed by atoms with Crippen LogP contribution in [0.5, 0.6) is 0 Å². The molecule has 10 heteroatoms. The first-order valence-electron chi connectivity index (χ1n) is 8.67. The number of aromatic nitrogens is 2. The highest BCUT2D eigenvalue weighted by molar-refractivity contribution is 6.01. The van der Waals surface area contributed by atoms with Crippen LogP contribution in [0.1, 0.15) is 31.1 Å². The van der Waals surface area contributed by atoms with Crippen molar-refractivity contribution in [3.05, 3.63) is 59.5 Å². The van der Waals surface area contributed by atoms with E-state index in [1.54, 1.807) is 19.9 Å². The van der Waals surface area contributed by atoms with Crippen LogP contribution in [0.4, 0.5) is 0 Å². The van der Waals surface area contributed by atoms with E-state index in [4.69, 9.17) is 26.9 Å². The highest BCUT2D eigenvalue weighted by Crippen LogP contribution is 2.01. The maximum absolute atomic E-state index is 5.83. The van der Waals surface area contributed by atoms with Gasteiger partial charge in [0.1, 0.15) is 18.9 Å². The number of nitrogens with zero attached hydrogens (tertiary/aromatic N) is 5. The largest absolute Gasteiger partial charge is 0.402 e. The van der Waals surface area contributed by atoms with Gasteiger partial charge in [0.25, 0.3) is 0 Å². The van der Waals surface area contributed by atoms with Crippen molar-refractivity contribution in [2.45, 2.75) is 27.7 Å². The molecule has 1 aromatic heterocycles. The van der Waals surface area contributed by atoms with E-state index < -0.39 is 0 Å². The fraction of sp³-hybridized carbons (Fsp3) is 0.316. The maximum Gasteiger partial charge on any atom is 0.208 e. The Labute approximate surface area is 170 Å². The number of hydrogen-bond donors (Lipinski definition) is 3. The van der Waals surface area contributed by atoms with Gasteiger partial charge in [-0.2, -0.15) is 0 Å². The first-order chi connectivity index (χ1) is 13.6. The monoisotopic (exact) mass is 400 g/mol. The van der Waals surface area contributed by atoms with Crippen LogP contribution in [0, 0.1) is 13.8 Å². The van der Waals surface area contributed by atoms with Crippen LogP contribution in [0.15, 0.2) is 57.6 Å². The molecule has 0 aliphatic rings. The van der Waals surface area contributed by atoms with Crippen LogP contribution in [-0.4, -0.2) is 40.6 Å². The standard InChI is InChI=1S/C19H28N8O2/c1-11(9-28-26-17(21)16(6)23-13(3)7-12(2)20)10-29-27-18(22)19-24-14(4)8-15(5)25-19/h7-8H,1,6,9-10,20H2,2-5H3,(H2,21,26)(H2,22,27)/b12-7-,23-13?. The summed E-state index contributed by atoms with van der Waals surface area (Å²) in [5.41, 5.74) is 20.8. The van der Waals surface area contributed by atoms with Gasteiger partial charge < -0.3 is 26.9 Å². The van der Waals surface area contributed by atoms with Gasteiger partial charge in [0, 0.05) is 28.4 Å². The summed E-state index contributed by atoms with van der Waals surface area (Å²) in [7, 11) is 0. The van der Waals surface area contributed by atoms with Gasteiger partial charge in [0.05, 0.1) is 0 Å². The van der Waals surface area contributed by atoms with Gasteiger partial charge in [-0.05, 0) is 39.8 Å².